The van der Waals surface area contributed by atoms with E-state index in [4.69, 9.17) is 0 Å². The minimum Gasteiger partial charge on any atom is -0.329 e. The lowest BCUT2D eigenvalue weighted by molar-refractivity contribution is -0.925. The van der Waals surface area contributed by atoms with E-state index in [2.05, 4.69) is 0 Å². The van der Waals surface area contributed by atoms with Crippen molar-refractivity contribution in [1.29, 1.82) is 0 Å². The van der Waals surface area contributed by atoms with Crippen LogP contribution >= 0.6 is 0 Å². The number of sulfonamides is 1. The molecule has 2 fully saturated rings. The maximum atomic E-state index is 12.9. The van der Waals surface area contributed by atoms with Crippen LogP contribution in [0.4, 0.5) is 0 Å². The number of sulfone groups is 1. The van der Waals surface area contributed by atoms with Gasteiger partial charge < -0.3 is 4.90 Å². The van der Waals surface area contributed by atoms with Crippen LogP contribution in [0.3, 0.4) is 0 Å². The van der Waals surface area contributed by atoms with E-state index >= 15 is 0 Å². The SMILES string of the molecule is Cc1ccc(S(=O)(=O)N2CC[NH+]([C@@H]3CCS(=O)(=O)C3)CC2)c(C)c1. The molecule has 2 aliphatic rings. The van der Waals surface area contributed by atoms with Crippen molar-refractivity contribution in [2.75, 3.05) is 37.7 Å². The molecule has 0 saturated carbocycles. The Bertz CT molecular complexity index is 826. The normalized spacial score (nSPS) is 25.8. The minimum atomic E-state index is -3.48. The van der Waals surface area contributed by atoms with Crippen molar-refractivity contribution in [3.8, 4) is 0 Å². The first-order valence-corrected chi connectivity index (χ1v) is 11.6. The number of aryl methyl sites for hydroxylation is 2. The number of benzene rings is 1. The summed E-state index contributed by atoms with van der Waals surface area (Å²) in [7, 11) is -6.37. The number of nitrogens with zero attached hydrogens (tertiary/aromatic N) is 1. The molecule has 0 unspecified atom stereocenters. The van der Waals surface area contributed by atoms with Crippen LogP contribution in [0.15, 0.2) is 23.1 Å². The van der Waals surface area contributed by atoms with Crippen molar-refractivity contribution in [2.24, 2.45) is 0 Å². The van der Waals surface area contributed by atoms with E-state index in [0.717, 1.165) is 11.1 Å². The zero-order valence-corrected chi connectivity index (χ0v) is 15.8. The van der Waals surface area contributed by atoms with Gasteiger partial charge in [-0.15, -0.1) is 0 Å². The molecule has 1 atom stereocenters. The lowest BCUT2D eigenvalue weighted by atomic mass is 10.2. The van der Waals surface area contributed by atoms with E-state index in [-0.39, 0.29) is 17.5 Å². The predicted molar refractivity (Wildman–Crippen MR) is 92.4 cm³/mol. The Hall–Kier alpha value is -0.960. The zero-order valence-electron chi connectivity index (χ0n) is 14.2. The lowest BCUT2D eigenvalue weighted by Crippen LogP contribution is -3.18. The number of hydrogen-bond acceptors (Lipinski definition) is 4. The molecule has 3 rings (SSSR count). The van der Waals surface area contributed by atoms with E-state index in [0.29, 0.717) is 37.5 Å². The van der Waals surface area contributed by atoms with Crippen molar-refractivity contribution >= 4 is 19.9 Å². The molecule has 2 saturated heterocycles. The molecule has 1 aromatic rings. The average molecular weight is 374 g/mol. The van der Waals surface area contributed by atoms with Crippen LogP contribution < -0.4 is 4.90 Å². The Morgan fingerprint density at radius 2 is 1.83 bits per heavy atom. The van der Waals surface area contributed by atoms with Crippen LogP contribution in [0.2, 0.25) is 0 Å². The fraction of sp³-hybridized carbons (Fsp3) is 0.625. The summed E-state index contributed by atoms with van der Waals surface area (Å²) < 4.78 is 50.6. The predicted octanol–water partition coefficient (Wildman–Crippen LogP) is -0.620. The number of rotatable bonds is 3. The molecule has 0 bridgehead atoms. The van der Waals surface area contributed by atoms with Crippen LogP contribution in [-0.4, -0.2) is 64.9 Å². The first kappa shape index (κ1) is 17.8. The maximum absolute atomic E-state index is 12.9. The van der Waals surface area contributed by atoms with Gasteiger partial charge in [0.15, 0.2) is 9.84 Å². The highest BCUT2D eigenvalue weighted by Gasteiger charge is 2.39. The third-order valence-corrected chi connectivity index (χ3v) is 8.95. The second kappa shape index (κ2) is 6.40. The van der Waals surface area contributed by atoms with Gasteiger partial charge in [-0.1, -0.05) is 17.7 Å². The summed E-state index contributed by atoms with van der Waals surface area (Å²) in [6, 6.07) is 5.52. The molecule has 8 heteroatoms. The largest absolute Gasteiger partial charge is 0.329 e. The third-order valence-electron chi connectivity index (χ3n) is 5.12. The summed E-state index contributed by atoms with van der Waals surface area (Å²) in [5, 5.41) is 0. The van der Waals surface area contributed by atoms with Crippen LogP contribution in [0, 0.1) is 13.8 Å². The van der Waals surface area contributed by atoms with Crippen LogP contribution in [-0.2, 0) is 19.9 Å². The van der Waals surface area contributed by atoms with Crippen LogP contribution in [0.25, 0.3) is 0 Å². The van der Waals surface area contributed by atoms with Gasteiger partial charge in [0, 0.05) is 6.42 Å². The third kappa shape index (κ3) is 3.51. The van der Waals surface area contributed by atoms with Gasteiger partial charge in [-0.3, -0.25) is 0 Å². The summed E-state index contributed by atoms with van der Waals surface area (Å²) in [6.45, 7) is 6.00. The fourth-order valence-corrected chi connectivity index (χ4v) is 7.24. The Morgan fingerprint density at radius 1 is 1.17 bits per heavy atom. The highest BCUT2D eigenvalue weighted by Crippen LogP contribution is 2.21. The second-order valence-electron chi connectivity index (χ2n) is 6.93. The Morgan fingerprint density at radius 3 is 2.38 bits per heavy atom. The number of quaternary nitrogens is 1. The zero-order chi connectivity index (χ0) is 17.5. The molecule has 134 valence electrons. The molecule has 1 N–H and O–H groups in total. The van der Waals surface area contributed by atoms with E-state index in [9.17, 15) is 16.8 Å². The number of piperazine rings is 1. The maximum Gasteiger partial charge on any atom is 0.243 e. The quantitative estimate of drug-likeness (QED) is 0.766. The van der Waals surface area contributed by atoms with Crippen molar-refractivity contribution in [3.63, 3.8) is 0 Å². The highest BCUT2D eigenvalue weighted by atomic mass is 32.2. The first-order valence-electron chi connectivity index (χ1n) is 8.31. The lowest BCUT2D eigenvalue weighted by Gasteiger charge is -2.34. The highest BCUT2D eigenvalue weighted by molar-refractivity contribution is 7.91. The summed E-state index contributed by atoms with van der Waals surface area (Å²) in [6.07, 6.45) is 0.696. The van der Waals surface area contributed by atoms with Gasteiger partial charge in [0.1, 0.15) is 11.8 Å². The van der Waals surface area contributed by atoms with Crippen molar-refractivity contribution in [1.82, 2.24) is 4.31 Å². The van der Waals surface area contributed by atoms with Gasteiger partial charge in [-0.2, -0.15) is 4.31 Å². The molecular weight excluding hydrogens is 348 g/mol. The van der Waals surface area contributed by atoms with Crippen molar-refractivity contribution < 1.29 is 21.7 Å². The van der Waals surface area contributed by atoms with Crippen LogP contribution in [0.5, 0.6) is 0 Å². The van der Waals surface area contributed by atoms with E-state index < -0.39 is 19.9 Å². The monoisotopic (exact) mass is 373 g/mol. The van der Waals surface area contributed by atoms with E-state index in [1.807, 2.05) is 26.0 Å². The Labute approximate surface area is 144 Å². The van der Waals surface area contributed by atoms with Crippen molar-refractivity contribution in [3.05, 3.63) is 29.3 Å². The molecular formula is C16H25N2O4S2+. The Kier molecular flexibility index (Phi) is 4.76. The van der Waals surface area contributed by atoms with E-state index in [1.54, 1.807) is 6.07 Å². The number of nitrogens with one attached hydrogen (secondary N) is 1. The molecule has 2 heterocycles. The van der Waals surface area contributed by atoms with Gasteiger partial charge in [0.05, 0.1) is 36.8 Å². The summed E-state index contributed by atoms with van der Waals surface area (Å²) >= 11 is 0. The van der Waals surface area contributed by atoms with Crippen molar-refractivity contribution in [2.45, 2.75) is 31.2 Å². The summed E-state index contributed by atoms with van der Waals surface area (Å²) in [5.41, 5.74) is 1.81. The molecule has 0 spiro atoms. The molecule has 0 aliphatic carbocycles. The molecule has 0 radical (unpaired) electrons. The minimum absolute atomic E-state index is 0.126. The van der Waals surface area contributed by atoms with Gasteiger partial charge in [0.2, 0.25) is 10.0 Å². The van der Waals surface area contributed by atoms with E-state index in [1.165, 1.54) is 9.21 Å². The molecule has 6 nitrogen and oxygen atoms in total. The fourth-order valence-electron chi connectivity index (χ4n) is 3.77. The topological polar surface area (TPSA) is 76.0 Å². The first-order chi connectivity index (χ1) is 11.2. The molecule has 2 aliphatic heterocycles. The van der Waals surface area contributed by atoms with Gasteiger partial charge in [-0.05, 0) is 25.5 Å². The molecule has 0 amide bonds. The second-order valence-corrected chi connectivity index (χ2v) is 11.1. The standard InChI is InChI=1S/C16H24N2O4S2/c1-13-3-4-16(14(2)11-13)24(21,22)18-8-6-17(7-9-18)15-5-10-23(19,20)12-15/h3-4,11,15H,5-10,12H2,1-2H3/p+1/t15-/m1/s1. The van der Waals surface area contributed by atoms with Gasteiger partial charge in [-0.25, -0.2) is 16.8 Å². The smallest absolute Gasteiger partial charge is 0.243 e. The summed E-state index contributed by atoms with van der Waals surface area (Å²) in [5.74, 6) is 0.512. The average Bonchev–Trinajstić information content (AvgIpc) is 2.87. The summed E-state index contributed by atoms with van der Waals surface area (Å²) in [4.78, 5) is 1.60. The molecule has 1 aromatic carbocycles. The Balaban J connectivity index is 1.70. The van der Waals surface area contributed by atoms with Gasteiger partial charge >= 0.3 is 0 Å². The van der Waals surface area contributed by atoms with Gasteiger partial charge in [0.25, 0.3) is 0 Å². The molecule has 0 aromatic heterocycles. The molecule has 24 heavy (non-hydrogen) atoms. The van der Waals surface area contributed by atoms with Crippen LogP contribution in [0.1, 0.15) is 17.5 Å². The number of hydrogen-bond donors (Lipinski definition) is 1.